The van der Waals surface area contributed by atoms with E-state index in [0.29, 0.717) is 18.2 Å². The number of carbonyl (C=O) groups excluding carboxylic acids is 1. The number of nitrogens with one attached hydrogen (secondary N) is 2. The standard InChI is InChI=1S/C15H22N2O3/c1-3-20-13-8-6-12(7-9-13)16-14(19)17-15(2,10-18)11-4-5-11/h6-9,11,18H,3-5,10H2,1-2H3,(H2,16,17,19). The molecule has 3 N–H and O–H groups in total. The topological polar surface area (TPSA) is 70.6 Å². The van der Waals surface area contributed by atoms with E-state index in [1.165, 1.54) is 0 Å². The lowest BCUT2D eigenvalue weighted by Crippen LogP contribution is -2.52. The van der Waals surface area contributed by atoms with Crippen molar-refractivity contribution >= 4 is 11.7 Å². The van der Waals surface area contributed by atoms with Gasteiger partial charge in [-0.15, -0.1) is 0 Å². The van der Waals surface area contributed by atoms with Crippen molar-refractivity contribution in [1.29, 1.82) is 0 Å². The maximum absolute atomic E-state index is 12.0. The Morgan fingerprint density at radius 1 is 1.40 bits per heavy atom. The van der Waals surface area contributed by atoms with Gasteiger partial charge in [0.15, 0.2) is 0 Å². The predicted octanol–water partition coefficient (Wildman–Crippen LogP) is 2.37. The third-order valence-corrected chi connectivity index (χ3v) is 3.63. The molecule has 1 unspecified atom stereocenters. The maximum Gasteiger partial charge on any atom is 0.319 e. The minimum absolute atomic E-state index is 0.0473. The molecule has 0 radical (unpaired) electrons. The molecule has 0 spiro atoms. The van der Waals surface area contributed by atoms with Gasteiger partial charge in [-0.25, -0.2) is 4.79 Å². The van der Waals surface area contributed by atoms with Gasteiger partial charge < -0.3 is 20.5 Å². The van der Waals surface area contributed by atoms with Crippen molar-refractivity contribution in [3.63, 3.8) is 0 Å². The van der Waals surface area contributed by atoms with Crippen LogP contribution in [0.5, 0.6) is 5.75 Å². The van der Waals surface area contributed by atoms with Gasteiger partial charge in [0.2, 0.25) is 0 Å². The number of amides is 2. The molecule has 0 saturated heterocycles. The molecule has 110 valence electrons. The molecule has 1 saturated carbocycles. The molecule has 0 bridgehead atoms. The Balaban J connectivity index is 1.90. The molecule has 0 heterocycles. The van der Waals surface area contributed by atoms with Crippen LogP contribution in [0.25, 0.3) is 0 Å². The van der Waals surface area contributed by atoms with Crippen LogP contribution in [0.4, 0.5) is 10.5 Å². The third kappa shape index (κ3) is 3.63. The van der Waals surface area contributed by atoms with Crippen LogP contribution in [-0.4, -0.2) is 29.9 Å². The van der Waals surface area contributed by atoms with Crippen LogP contribution in [0.15, 0.2) is 24.3 Å². The molecule has 2 amide bonds. The molecule has 1 atom stereocenters. The highest BCUT2D eigenvalue weighted by Gasteiger charge is 2.42. The number of urea groups is 1. The lowest BCUT2D eigenvalue weighted by atomic mass is 9.97. The number of rotatable bonds is 6. The van der Waals surface area contributed by atoms with Gasteiger partial charge in [-0.05, 0) is 56.9 Å². The quantitative estimate of drug-likeness (QED) is 0.748. The monoisotopic (exact) mass is 278 g/mol. The molecule has 0 aliphatic heterocycles. The summed E-state index contributed by atoms with van der Waals surface area (Å²) in [5.74, 6) is 1.15. The van der Waals surface area contributed by atoms with Crippen molar-refractivity contribution in [3.8, 4) is 5.75 Å². The van der Waals surface area contributed by atoms with Crippen molar-refractivity contribution in [1.82, 2.24) is 5.32 Å². The fourth-order valence-corrected chi connectivity index (χ4v) is 2.21. The van der Waals surface area contributed by atoms with E-state index in [1.54, 1.807) is 12.1 Å². The minimum Gasteiger partial charge on any atom is -0.494 e. The van der Waals surface area contributed by atoms with Crippen LogP contribution in [0.1, 0.15) is 26.7 Å². The Morgan fingerprint density at radius 2 is 2.05 bits per heavy atom. The summed E-state index contributed by atoms with van der Waals surface area (Å²) in [7, 11) is 0. The first-order chi connectivity index (χ1) is 9.57. The zero-order valence-electron chi connectivity index (χ0n) is 12.0. The highest BCUT2D eigenvalue weighted by molar-refractivity contribution is 5.89. The van der Waals surface area contributed by atoms with Gasteiger partial charge in [0.25, 0.3) is 0 Å². The van der Waals surface area contributed by atoms with Crippen LogP contribution < -0.4 is 15.4 Å². The molecular formula is C15H22N2O3. The van der Waals surface area contributed by atoms with Gasteiger partial charge in [-0.1, -0.05) is 0 Å². The van der Waals surface area contributed by atoms with E-state index in [1.807, 2.05) is 26.0 Å². The Morgan fingerprint density at radius 3 is 2.55 bits per heavy atom. The number of hydrogen-bond acceptors (Lipinski definition) is 3. The summed E-state index contributed by atoms with van der Waals surface area (Å²) in [6.07, 6.45) is 2.11. The number of aliphatic hydroxyl groups excluding tert-OH is 1. The van der Waals surface area contributed by atoms with E-state index < -0.39 is 5.54 Å². The summed E-state index contributed by atoms with van der Waals surface area (Å²) < 4.78 is 5.34. The first-order valence-corrected chi connectivity index (χ1v) is 7.00. The molecule has 0 aromatic heterocycles. The number of carbonyl (C=O) groups is 1. The first-order valence-electron chi connectivity index (χ1n) is 7.00. The average Bonchev–Trinajstić information content (AvgIpc) is 3.26. The fourth-order valence-electron chi connectivity index (χ4n) is 2.21. The Labute approximate surface area is 119 Å². The molecule has 1 fully saturated rings. The van der Waals surface area contributed by atoms with Crippen LogP contribution in [0.3, 0.4) is 0 Å². The summed E-state index contributed by atoms with van der Waals surface area (Å²) in [5, 5.41) is 15.1. The van der Waals surface area contributed by atoms with Crippen molar-refractivity contribution in [2.75, 3.05) is 18.5 Å². The number of ether oxygens (including phenoxy) is 1. The fraction of sp³-hybridized carbons (Fsp3) is 0.533. The molecular weight excluding hydrogens is 256 g/mol. The molecule has 1 aliphatic rings. The third-order valence-electron chi connectivity index (χ3n) is 3.63. The average molecular weight is 278 g/mol. The zero-order chi connectivity index (χ0) is 14.6. The second kappa shape index (κ2) is 6.13. The summed E-state index contributed by atoms with van der Waals surface area (Å²) >= 11 is 0. The summed E-state index contributed by atoms with van der Waals surface area (Å²) in [6, 6.07) is 6.91. The van der Waals surface area contributed by atoms with Gasteiger partial charge in [0, 0.05) is 5.69 Å². The normalized spacial score (nSPS) is 17.1. The molecule has 1 aliphatic carbocycles. The van der Waals surface area contributed by atoms with E-state index in [2.05, 4.69) is 10.6 Å². The lowest BCUT2D eigenvalue weighted by molar-refractivity contribution is 0.159. The van der Waals surface area contributed by atoms with E-state index in [9.17, 15) is 9.90 Å². The van der Waals surface area contributed by atoms with E-state index in [0.717, 1.165) is 18.6 Å². The van der Waals surface area contributed by atoms with Crippen molar-refractivity contribution in [3.05, 3.63) is 24.3 Å². The molecule has 2 rings (SSSR count). The molecule has 20 heavy (non-hydrogen) atoms. The van der Waals surface area contributed by atoms with Crippen molar-refractivity contribution in [2.45, 2.75) is 32.2 Å². The Bertz CT molecular complexity index is 457. The first kappa shape index (κ1) is 14.7. The second-order valence-electron chi connectivity index (χ2n) is 5.39. The van der Waals surface area contributed by atoms with Crippen LogP contribution in [0, 0.1) is 5.92 Å². The predicted molar refractivity (Wildman–Crippen MR) is 78.0 cm³/mol. The SMILES string of the molecule is CCOc1ccc(NC(=O)NC(C)(CO)C2CC2)cc1. The summed E-state index contributed by atoms with van der Waals surface area (Å²) in [4.78, 5) is 12.0. The van der Waals surface area contributed by atoms with E-state index >= 15 is 0 Å². The van der Waals surface area contributed by atoms with Crippen LogP contribution >= 0.6 is 0 Å². The highest BCUT2D eigenvalue weighted by Crippen LogP contribution is 2.39. The summed E-state index contributed by atoms with van der Waals surface area (Å²) in [6.45, 7) is 4.37. The van der Waals surface area contributed by atoms with Gasteiger partial charge in [0.05, 0.1) is 18.8 Å². The maximum atomic E-state index is 12.0. The minimum atomic E-state index is -0.532. The number of aliphatic hydroxyl groups is 1. The lowest BCUT2D eigenvalue weighted by Gasteiger charge is -2.28. The van der Waals surface area contributed by atoms with Gasteiger partial charge in [-0.2, -0.15) is 0 Å². The Hall–Kier alpha value is -1.75. The molecule has 1 aromatic rings. The molecule has 1 aromatic carbocycles. The number of hydrogen-bond donors (Lipinski definition) is 3. The van der Waals surface area contributed by atoms with E-state index in [4.69, 9.17) is 4.74 Å². The zero-order valence-corrected chi connectivity index (χ0v) is 12.0. The van der Waals surface area contributed by atoms with Crippen molar-refractivity contribution < 1.29 is 14.6 Å². The molecule has 5 heteroatoms. The largest absolute Gasteiger partial charge is 0.494 e. The van der Waals surface area contributed by atoms with Crippen LogP contribution in [-0.2, 0) is 0 Å². The number of benzene rings is 1. The summed E-state index contributed by atoms with van der Waals surface area (Å²) in [5.41, 5.74) is 0.164. The smallest absolute Gasteiger partial charge is 0.319 e. The second-order valence-corrected chi connectivity index (χ2v) is 5.39. The van der Waals surface area contributed by atoms with Gasteiger partial charge in [0.1, 0.15) is 5.75 Å². The van der Waals surface area contributed by atoms with Crippen LogP contribution in [0.2, 0.25) is 0 Å². The number of anilines is 1. The van der Waals surface area contributed by atoms with Crippen molar-refractivity contribution in [2.24, 2.45) is 5.92 Å². The molecule has 5 nitrogen and oxygen atoms in total. The highest BCUT2D eigenvalue weighted by atomic mass is 16.5. The van der Waals surface area contributed by atoms with E-state index in [-0.39, 0.29) is 12.6 Å². The Kier molecular flexibility index (Phi) is 4.49. The van der Waals surface area contributed by atoms with Gasteiger partial charge >= 0.3 is 6.03 Å². The van der Waals surface area contributed by atoms with Gasteiger partial charge in [-0.3, -0.25) is 0 Å².